The Kier molecular flexibility index (Phi) is 5.37. The van der Waals surface area contributed by atoms with Gasteiger partial charge in [0, 0.05) is 6.42 Å². The average molecular weight is 406 g/mol. The van der Waals surface area contributed by atoms with Crippen molar-refractivity contribution in [2.24, 2.45) is 0 Å². The van der Waals surface area contributed by atoms with E-state index < -0.39 is 33.7 Å². The number of rotatable bonds is 5. The summed E-state index contributed by atoms with van der Waals surface area (Å²) in [4.78, 5) is 24.8. The van der Waals surface area contributed by atoms with Crippen molar-refractivity contribution in [1.29, 1.82) is 0 Å². The van der Waals surface area contributed by atoms with E-state index in [1.807, 2.05) is 6.92 Å². The Labute approximate surface area is 162 Å². The number of hydrogen-bond acceptors (Lipinski definition) is 5. The van der Waals surface area contributed by atoms with Crippen LogP contribution in [0, 0.1) is 12.7 Å². The minimum Gasteiger partial charge on any atom is -0.495 e. The molecule has 1 aliphatic heterocycles. The second-order valence-electron chi connectivity index (χ2n) is 6.40. The minimum absolute atomic E-state index is 0.0548. The molecule has 3 rings (SSSR count). The lowest BCUT2D eigenvalue weighted by Crippen LogP contribution is -2.45. The third-order valence-corrected chi connectivity index (χ3v) is 6.29. The predicted octanol–water partition coefficient (Wildman–Crippen LogP) is 2.46. The zero-order valence-corrected chi connectivity index (χ0v) is 16.1. The molecule has 1 aliphatic rings. The van der Waals surface area contributed by atoms with Gasteiger partial charge in [0.05, 0.1) is 17.7 Å². The summed E-state index contributed by atoms with van der Waals surface area (Å²) >= 11 is 0. The standard InChI is InChI=1S/C19H19FN2O5S/c1-12-3-9-17(27-2)15(11-12)21-19(24)16-8-10-18(23)22(16)28(25,26)14-6-4-13(20)5-7-14/h3-7,9,11,16H,8,10H2,1-2H3,(H,21,24)/t16-/m0/s1. The van der Waals surface area contributed by atoms with E-state index in [1.165, 1.54) is 7.11 Å². The van der Waals surface area contributed by atoms with E-state index in [0.29, 0.717) is 15.7 Å². The normalized spacial score (nSPS) is 16.9. The minimum atomic E-state index is -4.29. The molecular weight excluding hydrogens is 387 g/mol. The number of carbonyl (C=O) groups excluding carboxylic acids is 2. The Bertz CT molecular complexity index is 1020. The van der Waals surface area contributed by atoms with Crippen molar-refractivity contribution in [1.82, 2.24) is 4.31 Å². The summed E-state index contributed by atoms with van der Waals surface area (Å²) in [6.45, 7) is 1.83. The Morgan fingerprint density at radius 3 is 2.54 bits per heavy atom. The highest BCUT2D eigenvalue weighted by Gasteiger charge is 2.44. The maximum atomic E-state index is 13.1. The fourth-order valence-corrected chi connectivity index (χ4v) is 4.66. The van der Waals surface area contributed by atoms with Crippen LogP contribution in [0.2, 0.25) is 0 Å². The quantitative estimate of drug-likeness (QED) is 0.823. The maximum absolute atomic E-state index is 13.1. The molecule has 0 bridgehead atoms. The summed E-state index contributed by atoms with van der Waals surface area (Å²) in [5.74, 6) is -1.51. The van der Waals surface area contributed by atoms with Crippen LogP contribution >= 0.6 is 0 Å². The highest BCUT2D eigenvalue weighted by Crippen LogP contribution is 2.30. The fraction of sp³-hybridized carbons (Fsp3) is 0.263. The molecule has 0 radical (unpaired) electrons. The molecule has 0 unspecified atom stereocenters. The number of nitrogens with one attached hydrogen (secondary N) is 1. The van der Waals surface area contributed by atoms with Crippen LogP contribution in [0.1, 0.15) is 18.4 Å². The Morgan fingerprint density at radius 2 is 1.89 bits per heavy atom. The van der Waals surface area contributed by atoms with E-state index in [-0.39, 0.29) is 17.7 Å². The van der Waals surface area contributed by atoms with Crippen LogP contribution in [0.25, 0.3) is 0 Å². The number of carbonyl (C=O) groups is 2. The summed E-state index contributed by atoms with van der Waals surface area (Å²) in [6, 6.07) is 8.07. The van der Waals surface area contributed by atoms with Crippen LogP contribution in [-0.4, -0.2) is 37.7 Å². The van der Waals surface area contributed by atoms with E-state index in [4.69, 9.17) is 4.74 Å². The third kappa shape index (κ3) is 3.70. The number of sulfonamides is 1. The molecule has 1 saturated heterocycles. The van der Waals surface area contributed by atoms with Crippen LogP contribution < -0.4 is 10.1 Å². The van der Waals surface area contributed by atoms with Crippen LogP contribution in [0.15, 0.2) is 47.4 Å². The van der Waals surface area contributed by atoms with Crippen molar-refractivity contribution in [2.45, 2.75) is 30.7 Å². The van der Waals surface area contributed by atoms with Crippen LogP contribution in [0.3, 0.4) is 0 Å². The molecule has 0 aliphatic carbocycles. The number of ether oxygens (including phenoxy) is 1. The van der Waals surface area contributed by atoms with E-state index in [9.17, 15) is 22.4 Å². The summed E-state index contributed by atoms with van der Waals surface area (Å²) in [5.41, 5.74) is 1.25. The van der Waals surface area contributed by atoms with Crippen molar-refractivity contribution >= 4 is 27.5 Å². The summed E-state index contributed by atoms with van der Waals surface area (Å²) in [7, 11) is -2.84. The van der Waals surface area contributed by atoms with Gasteiger partial charge < -0.3 is 10.1 Å². The Morgan fingerprint density at radius 1 is 1.21 bits per heavy atom. The van der Waals surface area contributed by atoms with Gasteiger partial charge in [0.2, 0.25) is 11.8 Å². The first-order valence-corrected chi connectivity index (χ1v) is 9.96. The molecule has 7 nitrogen and oxygen atoms in total. The summed E-state index contributed by atoms with van der Waals surface area (Å²) < 4.78 is 44.7. The fourth-order valence-electron chi connectivity index (χ4n) is 3.06. The molecule has 9 heteroatoms. The van der Waals surface area contributed by atoms with Gasteiger partial charge in [-0.2, -0.15) is 0 Å². The van der Waals surface area contributed by atoms with Crippen molar-refractivity contribution < 1.29 is 27.1 Å². The molecule has 2 aromatic rings. The molecule has 28 heavy (non-hydrogen) atoms. The highest BCUT2D eigenvalue weighted by molar-refractivity contribution is 7.89. The number of benzene rings is 2. The number of amides is 2. The third-order valence-electron chi connectivity index (χ3n) is 4.45. The monoisotopic (exact) mass is 406 g/mol. The molecule has 1 fully saturated rings. The Balaban J connectivity index is 1.91. The van der Waals surface area contributed by atoms with Gasteiger partial charge in [0.1, 0.15) is 17.6 Å². The van der Waals surface area contributed by atoms with Gasteiger partial charge in [-0.3, -0.25) is 9.59 Å². The molecule has 1 N–H and O–H groups in total. The molecule has 0 aromatic heterocycles. The molecule has 2 aromatic carbocycles. The van der Waals surface area contributed by atoms with Gasteiger partial charge in [0.25, 0.3) is 10.0 Å². The molecule has 0 spiro atoms. The smallest absolute Gasteiger partial charge is 0.267 e. The zero-order valence-electron chi connectivity index (χ0n) is 15.3. The number of hydrogen-bond donors (Lipinski definition) is 1. The molecule has 1 atom stereocenters. The molecule has 148 valence electrons. The second-order valence-corrected chi connectivity index (χ2v) is 8.21. The summed E-state index contributed by atoms with van der Waals surface area (Å²) in [5, 5.41) is 2.65. The van der Waals surface area contributed by atoms with Crippen molar-refractivity contribution in [2.75, 3.05) is 12.4 Å². The van der Waals surface area contributed by atoms with E-state index in [2.05, 4.69) is 5.32 Å². The van der Waals surface area contributed by atoms with E-state index >= 15 is 0 Å². The zero-order chi connectivity index (χ0) is 20.5. The van der Waals surface area contributed by atoms with E-state index in [1.54, 1.807) is 18.2 Å². The largest absolute Gasteiger partial charge is 0.495 e. The lowest BCUT2D eigenvalue weighted by atomic mass is 10.1. The first kappa shape index (κ1) is 19.8. The molecule has 1 heterocycles. The summed E-state index contributed by atoms with van der Waals surface area (Å²) in [6.07, 6.45) is -0.0251. The average Bonchev–Trinajstić information content (AvgIpc) is 3.05. The second kappa shape index (κ2) is 7.59. The molecule has 0 saturated carbocycles. The number of halogens is 1. The van der Waals surface area contributed by atoms with Gasteiger partial charge in [-0.05, 0) is 55.3 Å². The molecule has 2 amide bonds. The number of aryl methyl sites for hydroxylation is 1. The first-order valence-electron chi connectivity index (χ1n) is 8.52. The van der Waals surface area contributed by atoms with Crippen molar-refractivity contribution in [3.8, 4) is 5.75 Å². The lowest BCUT2D eigenvalue weighted by molar-refractivity contribution is -0.128. The first-order chi connectivity index (χ1) is 13.2. The SMILES string of the molecule is COc1ccc(C)cc1NC(=O)[C@@H]1CCC(=O)N1S(=O)(=O)c1ccc(F)cc1. The van der Waals surface area contributed by atoms with Crippen molar-refractivity contribution in [3.63, 3.8) is 0 Å². The van der Waals surface area contributed by atoms with Crippen LogP contribution in [-0.2, 0) is 19.6 Å². The number of nitrogens with zero attached hydrogens (tertiary/aromatic N) is 1. The lowest BCUT2D eigenvalue weighted by Gasteiger charge is -2.24. The van der Waals surface area contributed by atoms with Crippen LogP contribution in [0.4, 0.5) is 10.1 Å². The van der Waals surface area contributed by atoms with Crippen LogP contribution in [0.5, 0.6) is 5.75 Å². The van der Waals surface area contributed by atoms with E-state index in [0.717, 1.165) is 29.8 Å². The highest BCUT2D eigenvalue weighted by atomic mass is 32.2. The maximum Gasteiger partial charge on any atom is 0.267 e. The van der Waals surface area contributed by atoms with Gasteiger partial charge in [-0.15, -0.1) is 0 Å². The van der Waals surface area contributed by atoms with Gasteiger partial charge in [0.15, 0.2) is 0 Å². The van der Waals surface area contributed by atoms with Gasteiger partial charge in [-0.1, -0.05) is 6.07 Å². The molecular formula is C19H19FN2O5S. The number of methoxy groups -OCH3 is 1. The Hall–Kier alpha value is -2.94. The topological polar surface area (TPSA) is 92.8 Å². The van der Waals surface area contributed by atoms with Gasteiger partial charge >= 0.3 is 0 Å². The van der Waals surface area contributed by atoms with Gasteiger partial charge in [-0.25, -0.2) is 17.1 Å². The predicted molar refractivity (Wildman–Crippen MR) is 99.8 cm³/mol. The van der Waals surface area contributed by atoms with Crippen molar-refractivity contribution in [3.05, 3.63) is 53.8 Å². The number of anilines is 1.